The number of thiocarbonyl (C=S) groups is 1. The van der Waals surface area contributed by atoms with Crippen molar-refractivity contribution >= 4 is 56.2 Å². The van der Waals surface area contributed by atoms with Crippen LogP contribution < -0.4 is 4.74 Å². The van der Waals surface area contributed by atoms with Gasteiger partial charge in [-0.25, -0.2) is 4.39 Å². The summed E-state index contributed by atoms with van der Waals surface area (Å²) >= 11 is 9.85. The number of amides is 1. The average Bonchev–Trinajstić information content (AvgIpc) is 2.82. The van der Waals surface area contributed by atoms with Crippen molar-refractivity contribution in [3.63, 3.8) is 0 Å². The Hall–Kier alpha value is -1.70. The first-order chi connectivity index (χ1) is 12.0. The Labute approximate surface area is 163 Å². The molecule has 25 heavy (non-hydrogen) atoms. The van der Waals surface area contributed by atoms with E-state index in [2.05, 4.69) is 15.9 Å². The SMILES string of the molecule is CN1C(=O)/C(=C\c2ccc(OCc3ccccc3F)c(Br)c2)SC1=S. The maximum Gasteiger partial charge on any atom is 0.265 e. The molecular weight excluding hydrogens is 425 g/mol. The molecule has 3 rings (SSSR count). The van der Waals surface area contributed by atoms with Crippen LogP contribution in [0.15, 0.2) is 51.8 Å². The Morgan fingerprint density at radius 3 is 2.72 bits per heavy atom. The van der Waals surface area contributed by atoms with Gasteiger partial charge in [0.1, 0.15) is 22.5 Å². The third-order valence-corrected chi connectivity index (χ3v) is 5.69. The van der Waals surface area contributed by atoms with Gasteiger partial charge in [0.2, 0.25) is 0 Å². The first-order valence-corrected chi connectivity index (χ1v) is 9.35. The van der Waals surface area contributed by atoms with E-state index in [1.807, 2.05) is 12.1 Å². The van der Waals surface area contributed by atoms with Crippen molar-refractivity contribution in [2.75, 3.05) is 7.05 Å². The molecule has 1 fully saturated rings. The summed E-state index contributed by atoms with van der Waals surface area (Å²) in [5.41, 5.74) is 1.34. The molecule has 0 aliphatic carbocycles. The van der Waals surface area contributed by atoms with Crippen LogP contribution in [0.3, 0.4) is 0 Å². The fraction of sp³-hybridized carbons (Fsp3) is 0.111. The molecule has 1 aliphatic heterocycles. The minimum atomic E-state index is -0.295. The van der Waals surface area contributed by atoms with Gasteiger partial charge in [-0.15, -0.1) is 0 Å². The second-order valence-electron chi connectivity index (χ2n) is 5.31. The van der Waals surface area contributed by atoms with Crippen LogP contribution in [-0.2, 0) is 11.4 Å². The van der Waals surface area contributed by atoms with Crippen LogP contribution in [-0.4, -0.2) is 22.2 Å². The summed E-state index contributed by atoms with van der Waals surface area (Å²) in [5.74, 6) is 0.200. The maximum atomic E-state index is 13.6. The zero-order chi connectivity index (χ0) is 18.0. The van der Waals surface area contributed by atoms with E-state index in [1.54, 1.807) is 37.4 Å². The molecule has 0 saturated carbocycles. The monoisotopic (exact) mass is 437 g/mol. The van der Waals surface area contributed by atoms with E-state index < -0.39 is 0 Å². The number of hydrogen-bond acceptors (Lipinski definition) is 4. The summed E-state index contributed by atoms with van der Waals surface area (Å²) in [6, 6.07) is 12.0. The molecule has 0 unspecified atom stereocenters. The van der Waals surface area contributed by atoms with Gasteiger partial charge >= 0.3 is 0 Å². The summed E-state index contributed by atoms with van der Waals surface area (Å²) in [6.07, 6.45) is 1.79. The fourth-order valence-electron chi connectivity index (χ4n) is 2.19. The lowest BCUT2D eigenvalue weighted by Gasteiger charge is -2.09. The molecule has 0 N–H and O–H groups in total. The molecule has 1 saturated heterocycles. The number of thioether (sulfide) groups is 1. The Morgan fingerprint density at radius 2 is 2.08 bits per heavy atom. The lowest BCUT2D eigenvalue weighted by Crippen LogP contribution is -2.22. The number of halogens is 2. The van der Waals surface area contributed by atoms with E-state index in [9.17, 15) is 9.18 Å². The summed E-state index contributed by atoms with van der Waals surface area (Å²) < 4.78 is 20.6. The largest absolute Gasteiger partial charge is 0.488 e. The Kier molecular flexibility index (Phi) is 5.56. The smallest absolute Gasteiger partial charge is 0.265 e. The van der Waals surface area contributed by atoms with E-state index >= 15 is 0 Å². The van der Waals surface area contributed by atoms with Gasteiger partial charge in [-0.05, 0) is 45.8 Å². The molecule has 0 spiro atoms. The number of carbonyl (C=O) groups excluding carboxylic acids is 1. The van der Waals surface area contributed by atoms with Crippen LogP contribution in [0.25, 0.3) is 6.08 Å². The predicted molar refractivity (Wildman–Crippen MR) is 106 cm³/mol. The topological polar surface area (TPSA) is 29.5 Å². The van der Waals surface area contributed by atoms with Gasteiger partial charge < -0.3 is 4.74 Å². The highest BCUT2D eigenvalue weighted by molar-refractivity contribution is 9.10. The number of ether oxygens (including phenoxy) is 1. The molecule has 0 bridgehead atoms. The lowest BCUT2D eigenvalue weighted by molar-refractivity contribution is -0.121. The molecular formula is C18H13BrFNO2S2. The zero-order valence-corrected chi connectivity index (χ0v) is 16.4. The Balaban J connectivity index is 1.74. The van der Waals surface area contributed by atoms with Crippen molar-refractivity contribution in [1.29, 1.82) is 0 Å². The van der Waals surface area contributed by atoms with Crippen molar-refractivity contribution in [3.05, 3.63) is 68.8 Å². The normalized spacial score (nSPS) is 16.0. The molecule has 2 aromatic rings. The molecule has 1 heterocycles. The highest BCUT2D eigenvalue weighted by Gasteiger charge is 2.28. The second kappa shape index (κ2) is 7.68. The van der Waals surface area contributed by atoms with E-state index in [-0.39, 0.29) is 18.3 Å². The van der Waals surface area contributed by atoms with E-state index in [0.29, 0.717) is 20.5 Å². The van der Waals surface area contributed by atoms with Crippen molar-refractivity contribution in [3.8, 4) is 5.75 Å². The van der Waals surface area contributed by atoms with E-state index in [0.717, 1.165) is 10.0 Å². The number of likely N-dealkylation sites (N-methyl/N-ethyl adjacent to an activating group) is 1. The summed E-state index contributed by atoms with van der Waals surface area (Å²) in [4.78, 5) is 14.1. The molecule has 3 nitrogen and oxygen atoms in total. The Morgan fingerprint density at radius 1 is 1.32 bits per heavy atom. The maximum absolute atomic E-state index is 13.6. The molecule has 2 aromatic carbocycles. The molecule has 0 atom stereocenters. The minimum Gasteiger partial charge on any atom is -0.488 e. The molecule has 7 heteroatoms. The van der Waals surface area contributed by atoms with Crippen LogP contribution in [0, 0.1) is 5.82 Å². The molecule has 128 valence electrons. The third-order valence-electron chi connectivity index (χ3n) is 3.58. The first kappa shape index (κ1) is 18.1. The summed E-state index contributed by atoms with van der Waals surface area (Å²) in [7, 11) is 1.66. The van der Waals surface area contributed by atoms with Crippen molar-refractivity contribution in [2.45, 2.75) is 6.61 Å². The predicted octanol–water partition coefficient (Wildman–Crippen LogP) is 5.00. The van der Waals surface area contributed by atoms with Crippen LogP contribution in [0.5, 0.6) is 5.75 Å². The van der Waals surface area contributed by atoms with Crippen molar-refractivity contribution in [1.82, 2.24) is 4.90 Å². The minimum absolute atomic E-state index is 0.106. The quantitative estimate of drug-likeness (QED) is 0.497. The van der Waals surface area contributed by atoms with Crippen molar-refractivity contribution < 1.29 is 13.9 Å². The van der Waals surface area contributed by atoms with Gasteiger partial charge in [-0.2, -0.15) is 0 Å². The lowest BCUT2D eigenvalue weighted by atomic mass is 10.2. The first-order valence-electron chi connectivity index (χ1n) is 7.33. The number of benzene rings is 2. The second-order valence-corrected chi connectivity index (χ2v) is 7.84. The standard InChI is InChI=1S/C18H13BrFNO2S2/c1-21-17(22)16(25-18(21)24)9-11-6-7-15(13(19)8-11)23-10-12-4-2-3-5-14(12)20/h2-9H,10H2,1H3/b16-9+. The zero-order valence-electron chi connectivity index (χ0n) is 13.2. The van der Waals surface area contributed by atoms with Gasteiger partial charge in [0.15, 0.2) is 0 Å². The highest BCUT2D eigenvalue weighted by atomic mass is 79.9. The average molecular weight is 438 g/mol. The number of hydrogen-bond donors (Lipinski definition) is 0. The molecule has 0 aromatic heterocycles. The van der Waals surface area contributed by atoms with E-state index in [1.165, 1.54) is 22.7 Å². The van der Waals surface area contributed by atoms with Gasteiger partial charge in [0, 0.05) is 12.6 Å². The van der Waals surface area contributed by atoms with Gasteiger partial charge in [0.25, 0.3) is 5.91 Å². The number of nitrogens with zero attached hydrogens (tertiary/aromatic N) is 1. The third kappa shape index (κ3) is 4.11. The summed E-state index contributed by atoms with van der Waals surface area (Å²) in [6.45, 7) is 0.138. The van der Waals surface area contributed by atoms with Gasteiger partial charge in [-0.3, -0.25) is 9.69 Å². The number of rotatable bonds is 4. The molecule has 1 aliphatic rings. The number of carbonyl (C=O) groups is 1. The van der Waals surface area contributed by atoms with Crippen LogP contribution in [0.2, 0.25) is 0 Å². The fourth-order valence-corrected chi connectivity index (χ4v) is 3.88. The van der Waals surface area contributed by atoms with Gasteiger partial charge in [-0.1, -0.05) is 48.2 Å². The molecule has 1 amide bonds. The molecule has 0 radical (unpaired) electrons. The Bertz CT molecular complexity index is 885. The van der Waals surface area contributed by atoms with Crippen LogP contribution >= 0.6 is 39.9 Å². The van der Waals surface area contributed by atoms with Crippen LogP contribution in [0.1, 0.15) is 11.1 Å². The van der Waals surface area contributed by atoms with E-state index in [4.69, 9.17) is 17.0 Å². The van der Waals surface area contributed by atoms with Gasteiger partial charge in [0.05, 0.1) is 9.38 Å². The van der Waals surface area contributed by atoms with Crippen molar-refractivity contribution in [2.24, 2.45) is 0 Å². The van der Waals surface area contributed by atoms with Crippen LogP contribution in [0.4, 0.5) is 4.39 Å². The highest BCUT2D eigenvalue weighted by Crippen LogP contribution is 2.33. The summed E-state index contributed by atoms with van der Waals surface area (Å²) in [5, 5.41) is 0.